The second-order valence-electron chi connectivity index (χ2n) is 6.49. The molecule has 134 valence electrons. The summed E-state index contributed by atoms with van der Waals surface area (Å²) in [6.07, 6.45) is -5.68. The van der Waals surface area contributed by atoms with Gasteiger partial charge < -0.3 is 9.53 Å². The van der Waals surface area contributed by atoms with E-state index in [0.29, 0.717) is 6.07 Å². The van der Waals surface area contributed by atoms with Gasteiger partial charge in [-0.05, 0) is 45.4 Å². The highest BCUT2D eigenvalue weighted by Gasteiger charge is 2.44. The SMILES string of the molecule is CN(C(=O)OC(C)(C)C)C(C)(C=O)c1ccc(F)cc1C(F)(F)F. The molecule has 1 atom stereocenters. The molecule has 1 rings (SSSR count). The van der Waals surface area contributed by atoms with Crippen molar-refractivity contribution in [3.63, 3.8) is 0 Å². The van der Waals surface area contributed by atoms with Gasteiger partial charge in [0.2, 0.25) is 0 Å². The maximum atomic E-state index is 13.3. The van der Waals surface area contributed by atoms with E-state index in [-0.39, 0.29) is 6.29 Å². The topological polar surface area (TPSA) is 46.6 Å². The Bertz CT molecular complexity index is 637. The van der Waals surface area contributed by atoms with Crippen LogP contribution < -0.4 is 0 Å². The van der Waals surface area contributed by atoms with Gasteiger partial charge in [-0.1, -0.05) is 6.07 Å². The first-order valence-corrected chi connectivity index (χ1v) is 7.03. The molecule has 0 heterocycles. The molecule has 0 aromatic heterocycles. The molecule has 0 saturated heterocycles. The summed E-state index contributed by atoms with van der Waals surface area (Å²) in [7, 11) is 1.14. The van der Waals surface area contributed by atoms with Crippen LogP contribution in [0.2, 0.25) is 0 Å². The van der Waals surface area contributed by atoms with Crippen molar-refractivity contribution in [3.8, 4) is 0 Å². The van der Waals surface area contributed by atoms with E-state index in [2.05, 4.69) is 0 Å². The first kappa shape index (κ1) is 19.9. The van der Waals surface area contributed by atoms with Crippen molar-refractivity contribution in [2.24, 2.45) is 0 Å². The molecule has 0 spiro atoms. The lowest BCUT2D eigenvalue weighted by molar-refractivity contribution is -0.140. The summed E-state index contributed by atoms with van der Waals surface area (Å²) in [6, 6.07) is 1.93. The summed E-state index contributed by atoms with van der Waals surface area (Å²) < 4.78 is 58.0. The highest BCUT2D eigenvalue weighted by Crippen LogP contribution is 2.39. The van der Waals surface area contributed by atoms with Crippen LogP contribution in [0.4, 0.5) is 22.4 Å². The molecule has 1 aromatic carbocycles. The summed E-state index contributed by atoms with van der Waals surface area (Å²) >= 11 is 0. The fraction of sp³-hybridized carbons (Fsp3) is 0.500. The van der Waals surface area contributed by atoms with Gasteiger partial charge in [-0.2, -0.15) is 13.2 Å². The van der Waals surface area contributed by atoms with Crippen LogP contribution in [0.3, 0.4) is 0 Å². The highest BCUT2D eigenvalue weighted by molar-refractivity contribution is 5.78. The Labute approximate surface area is 137 Å². The van der Waals surface area contributed by atoms with Crippen molar-refractivity contribution in [3.05, 3.63) is 35.1 Å². The molecule has 1 amide bonds. The lowest BCUT2D eigenvalue weighted by atomic mass is 9.87. The molecule has 0 saturated carbocycles. The Hall–Kier alpha value is -2.12. The van der Waals surface area contributed by atoms with Crippen molar-refractivity contribution in [1.82, 2.24) is 4.90 Å². The minimum absolute atomic E-state index is 0.194. The average Bonchev–Trinajstić information content (AvgIpc) is 2.42. The van der Waals surface area contributed by atoms with Crippen molar-refractivity contribution < 1.29 is 31.9 Å². The van der Waals surface area contributed by atoms with Crippen LogP contribution >= 0.6 is 0 Å². The van der Waals surface area contributed by atoms with Gasteiger partial charge in [0.25, 0.3) is 0 Å². The van der Waals surface area contributed by atoms with Crippen molar-refractivity contribution >= 4 is 12.4 Å². The van der Waals surface area contributed by atoms with Crippen LogP contribution in [0.15, 0.2) is 18.2 Å². The summed E-state index contributed by atoms with van der Waals surface area (Å²) in [4.78, 5) is 24.5. The van der Waals surface area contributed by atoms with Gasteiger partial charge in [0.15, 0.2) is 0 Å². The molecule has 0 aliphatic carbocycles. The summed E-state index contributed by atoms with van der Waals surface area (Å²) in [5.41, 5.74) is -4.75. The number of benzene rings is 1. The monoisotopic (exact) mass is 349 g/mol. The molecular weight excluding hydrogens is 330 g/mol. The van der Waals surface area contributed by atoms with E-state index in [0.717, 1.165) is 31.0 Å². The van der Waals surface area contributed by atoms with E-state index in [1.807, 2.05) is 0 Å². The Morgan fingerprint density at radius 2 is 1.67 bits per heavy atom. The fourth-order valence-electron chi connectivity index (χ4n) is 2.04. The molecular formula is C16H19F4NO3. The number of halogens is 4. The summed E-state index contributed by atoms with van der Waals surface area (Å²) in [6.45, 7) is 5.87. The number of nitrogens with zero attached hydrogens (tertiary/aromatic N) is 1. The van der Waals surface area contributed by atoms with E-state index >= 15 is 0 Å². The van der Waals surface area contributed by atoms with E-state index in [4.69, 9.17) is 4.74 Å². The summed E-state index contributed by atoms with van der Waals surface area (Å²) in [5, 5.41) is 0. The predicted octanol–water partition coefficient (Wildman–Crippen LogP) is 4.13. The van der Waals surface area contributed by atoms with Crippen LogP contribution in [0.1, 0.15) is 38.8 Å². The Morgan fingerprint density at radius 1 is 1.12 bits per heavy atom. The second kappa shape index (κ2) is 6.41. The molecule has 0 aliphatic heterocycles. The number of hydrogen-bond donors (Lipinski definition) is 0. The molecule has 0 N–H and O–H groups in total. The second-order valence-corrected chi connectivity index (χ2v) is 6.49. The number of ether oxygens (including phenoxy) is 1. The third-order valence-corrected chi connectivity index (χ3v) is 3.43. The largest absolute Gasteiger partial charge is 0.444 e. The molecule has 1 unspecified atom stereocenters. The highest BCUT2D eigenvalue weighted by atomic mass is 19.4. The first-order valence-electron chi connectivity index (χ1n) is 7.03. The zero-order chi connectivity index (χ0) is 18.9. The van der Waals surface area contributed by atoms with Crippen LogP contribution in [-0.2, 0) is 21.2 Å². The Morgan fingerprint density at radius 3 is 2.08 bits per heavy atom. The fourth-order valence-corrected chi connectivity index (χ4v) is 2.04. The molecule has 4 nitrogen and oxygen atoms in total. The van der Waals surface area contributed by atoms with E-state index < -0.39 is 40.4 Å². The third kappa shape index (κ3) is 4.24. The maximum absolute atomic E-state index is 13.3. The quantitative estimate of drug-likeness (QED) is 0.609. The minimum atomic E-state index is -4.89. The maximum Gasteiger partial charge on any atom is 0.416 e. The predicted molar refractivity (Wildman–Crippen MR) is 78.8 cm³/mol. The number of hydrogen-bond acceptors (Lipinski definition) is 3. The zero-order valence-corrected chi connectivity index (χ0v) is 14.0. The van der Waals surface area contributed by atoms with Gasteiger partial charge >= 0.3 is 12.3 Å². The molecule has 1 aromatic rings. The molecule has 0 fully saturated rings. The number of amides is 1. The normalized spacial score (nSPS) is 14.7. The van der Waals surface area contributed by atoms with Gasteiger partial charge in [0, 0.05) is 7.05 Å². The average molecular weight is 349 g/mol. The molecule has 0 bridgehead atoms. The van der Waals surface area contributed by atoms with Crippen molar-refractivity contribution in [2.45, 2.75) is 45.0 Å². The zero-order valence-electron chi connectivity index (χ0n) is 14.0. The number of aldehydes is 1. The van der Waals surface area contributed by atoms with Crippen LogP contribution in [0, 0.1) is 5.82 Å². The van der Waals surface area contributed by atoms with Gasteiger partial charge in [-0.3, -0.25) is 4.90 Å². The minimum Gasteiger partial charge on any atom is -0.444 e. The van der Waals surface area contributed by atoms with Crippen LogP contribution in [0.25, 0.3) is 0 Å². The first-order chi connectivity index (χ1) is 10.7. The van der Waals surface area contributed by atoms with Gasteiger partial charge in [0.1, 0.15) is 23.2 Å². The molecule has 8 heteroatoms. The molecule has 0 aliphatic rings. The standard InChI is InChI=1S/C16H19F4NO3/c1-14(2,3)24-13(23)21(5)15(4,9-22)11-7-6-10(17)8-12(11)16(18,19)20/h6-9H,1-5H3. The molecule has 0 radical (unpaired) electrons. The van der Waals surface area contributed by atoms with Gasteiger partial charge in [-0.15, -0.1) is 0 Å². The Kier molecular flexibility index (Phi) is 5.32. The van der Waals surface area contributed by atoms with E-state index in [1.54, 1.807) is 20.8 Å². The van der Waals surface area contributed by atoms with Crippen LogP contribution in [0.5, 0.6) is 0 Å². The van der Waals surface area contributed by atoms with E-state index in [9.17, 15) is 27.2 Å². The number of carbonyl (C=O) groups excluding carboxylic acids is 2. The van der Waals surface area contributed by atoms with Crippen LogP contribution in [-0.4, -0.2) is 29.9 Å². The molecule has 24 heavy (non-hydrogen) atoms. The summed E-state index contributed by atoms with van der Waals surface area (Å²) in [5.74, 6) is -1.10. The smallest absolute Gasteiger partial charge is 0.416 e. The van der Waals surface area contributed by atoms with Crippen molar-refractivity contribution in [2.75, 3.05) is 7.05 Å². The van der Waals surface area contributed by atoms with Gasteiger partial charge in [0.05, 0.1) is 5.56 Å². The number of alkyl halides is 3. The van der Waals surface area contributed by atoms with Gasteiger partial charge in [-0.25, -0.2) is 9.18 Å². The number of rotatable bonds is 3. The Balaban J connectivity index is 3.44. The number of likely N-dealkylation sites (N-methyl/N-ethyl adjacent to an activating group) is 1. The lowest BCUT2D eigenvalue weighted by Crippen LogP contribution is -2.49. The third-order valence-electron chi connectivity index (χ3n) is 3.43. The van der Waals surface area contributed by atoms with Crippen molar-refractivity contribution in [1.29, 1.82) is 0 Å². The number of carbonyl (C=O) groups is 2. The lowest BCUT2D eigenvalue weighted by Gasteiger charge is -2.37. The van der Waals surface area contributed by atoms with E-state index in [1.165, 1.54) is 0 Å².